The number of fused-ring (bicyclic) bond motifs is 1. The van der Waals surface area contributed by atoms with E-state index in [1.54, 1.807) is 0 Å². The molecule has 0 fully saturated rings. The van der Waals surface area contributed by atoms with Crippen LogP contribution in [0, 0.1) is 0 Å². The smallest absolute Gasteiger partial charge is 0.199 e. The molecule has 1 heterocycles. The molecule has 0 saturated heterocycles. The lowest BCUT2D eigenvalue weighted by molar-refractivity contribution is 0.259. The summed E-state index contributed by atoms with van der Waals surface area (Å²) in [6, 6.07) is 19.6. The van der Waals surface area contributed by atoms with Gasteiger partial charge in [0.05, 0.1) is 11.0 Å². The van der Waals surface area contributed by atoms with Gasteiger partial charge in [-0.25, -0.2) is 4.99 Å². The Kier molecular flexibility index (Phi) is 3.29. The molecule has 118 valence electrons. The van der Waals surface area contributed by atoms with E-state index >= 15 is 0 Å². The number of aliphatic imine (C=N–C) groups is 1. The van der Waals surface area contributed by atoms with Crippen molar-refractivity contribution in [2.75, 3.05) is 6.61 Å². The molecule has 0 saturated carbocycles. The first-order valence-corrected chi connectivity index (χ1v) is 8.49. The third-order valence-corrected chi connectivity index (χ3v) is 5.07. The molecule has 0 amide bonds. The molecule has 0 N–H and O–H groups in total. The maximum absolute atomic E-state index is 6.17. The van der Waals surface area contributed by atoms with Crippen molar-refractivity contribution in [3.63, 3.8) is 0 Å². The van der Waals surface area contributed by atoms with Crippen molar-refractivity contribution < 1.29 is 4.74 Å². The van der Waals surface area contributed by atoms with Gasteiger partial charge in [0.15, 0.2) is 5.90 Å². The van der Waals surface area contributed by atoms with Crippen molar-refractivity contribution in [2.45, 2.75) is 44.1 Å². The summed E-state index contributed by atoms with van der Waals surface area (Å²) < 4.78 is 6.17. The van der Waals surface area contributed by atoms with Crippen molar-refractivity contribution in [1.82, 2.24) is 0 Å². The molecule has 0 spiro atoms. The molecule has 0 aromatic heterocycles. The maximum Gasteiger partial charge on any atom is 0.199 e. The van der Waals surface area contributed by atoms with E-state index in [4.69, 9.17) is 9.73 Å². The number of aryl methyl sites for hydroxylation is 1. The summed E-state index contributed by atoms with van der Waals surface area (Å²) in [4.78, 5) is 4.99. The number of rotatable bonds is 2. The van der Waals surface area contributed by atoms with Gasteiger partial charge in [-0.05, 0) is 49.8 Å². The van der Waals surface area contributed by atoms with E-state index in [0.717, 1.165) is 25.2 Å². The first-order chi connectivity index (χ1) is 11.1. The molecule has 1 aliphatic heterocycles. The standard InChI is InChI=1S/C21H23NO/c1-20(2)15-23-19(22-20)21(17-11-4-3-5-12-17)14-8-10-16-9-6-7-13-18(16)21/h3-7,9,11-13H,8,10,14-15H2,1-2H3. The van der Waals surface area contributed by atoms with Gasteiger partial charge in [0.25, 0.3) is 0 Å². The molecule has 1 atom stereocenters. The molecule has 1 aliphatic carbocycles. The Balaban J connectivity index is 1.98. The van der Waals surface area contributed by atoms with Gasteiger partial charge >= 0.3 is 0 Å². The SMILES string of the molecule is CC1(C)COC(C2(c3ccccc3)CCCc3ccccc32)=N1. The lowest BCUT2D eigenvalue weighted by Gasteiger charge is -2.39. The maximum atomic E-state index is 6.17. The fourth-order valence-corrected chi connectivity index (χ4v) is 4.00. The van der Waals surface area contributed by atoms with Gasteiger partial charge in [-0.2, -0.15) is 0 Å². The minimum absolute atomic E-state index is 0.135. The lowest BCUT2D eigenvalue weighted by atomic mass is 9.65. The highest BCUT2D eigenvalue weighted by atomic mass is 16.5. The van der Waals surface area contributed by atoms with Gasteiger partial charge < -0.3 is 4.74 Å². The predicted molar refractivity (Wildman–Crippen MR) is 94.1 cm³/mol. The third kappa shape index (κ3) is 2.28. The summed E-state index contributed by atoms with van der Waals surface area (Å²) in [6.45, 7) is 4.96. The highest BCUT2D eigenvalue weighted by Crippen LogP contribution is 2.46. The van der Waals surface area contributed by atoms with Gasteiger partial charge in [-0.1, -0.05) is 54.6 Å². The number of hydrogen-bond donors (Lipinski definition) is 0. The van der Waals surface area contributed by atoms with Crippen LogP contribution in [0.4, 0.5) is 0 Å². The molecule has 4 rings (SSSR count). The summed E-state index contributed by atoms with van der Waals surface area (Å²) in [5, 5.41) is 0. The van der Waals surface area contributed by atoms with Crippen molar-refractivity contribution >= 4 is 5.90 Å². The Hall–Kier alpha value is -2.09. The van der Waals surface area contributed by atoms with E-state index in [2.05, 4.69) is 68.4 Å². The molecular formula is C21H23NO. The third-order valence-electron chi connectivity index (χ3n) is 5.07. The summed E-state index contributed by atoms with van der Waals surface area (Å²) >= 11 is 0. The second kappa shape index (κ2) is 5.23. The number of benzene rings is 2. The van der Waals surface area contributed by atoms with Crippen molar-refractivity contribution in [2.24, 2.45) is 4.99 Å². The molecule has 0 bridgehead atoms. The van der Waals surface area contributed by atoms with Crippen LogP contribution in [0.25, 0.3) is 0 Å². The van der Waals surface area contributed by atoms with Gasteiger partial charge in [0.2, 0.25) is 0 Å². The van der Waals surface area contributed by atoms with Gasteiger partial charge in [0, 0.05) is 0 Å². The second-order valence-corrected chi connectivity index (χ2v) is 7.30. The Morgan fingerprint density at radius 1 is 0.957 bits per heavy atom. The van der Waals surface area contributed by atoms with Gasteiger partial charge in [0.1, 0.15) is 6.61 Å². The van der Waals surface area contributed by atoms with Gasteiger partial charge in [-0.15, -0.1) is 0 Å². The number of hydrogen-bond acceptors (Lipinski definition) is 2. The van der Waals surface area contributed by atoms with Crippen LogP contribution in [0.2, 0.25) is 0 Å². The van der Waals surface area contributed by atoms with Crippen LogP contribution in [0.1, 0.15) is 43.4 Å². The molecular weight excluding hydrogens is 282 g/mol. The average Bonchev–Trinajstić information content (AvgIpc) is 2.95. The molecule has 2 nitrogen and oxygen atoms in total. The molecule has 2 heteroatoms. The fourth-order valence-electron chi connectivity index (χ4n) is 4.00. The minimum atomic E-state index is -0.232. The summed E-state index contributed by atoms with van der Waals surface area (Å²) in [5.74, 6) is 0.904. The van der Waals surface area contributed by atoms with Crippen molar-refractivity contribution in [3.8, 4) is 0 Å². The average molecular weight is 305 g/mol. The van der Waals surface area contributed by atoms with Crippen LogP contribution in [-0.4, -0.2) is 18.0 Å². The normalized spacial score (nSPS) is 25.4. The Morgan fingerprint density at radius 3 is 2.43 bits per heavy atom. The number of ether oxygens (including phenoxy) is 1. The van der Waals surface area contributed by atoms with E-state index < -0.39 is 0 Å². The highest BCUT2D eigenvalue weighted by molar-refractivity contribution is 5.94. The predicted octanol–water partition coefficient (Wildman–Crippen LogP) is 4.52. The fraction of sp³-hybridized carbons (Fsp3) is 0.381. The molecule has 2 aromatic rings. The van der Waals surface area contributed by atoms with Crippen LogP contribution in [0.5, 0.6) is 0 Å². The monoisotopic (exact) mass is 305 g/mol. The van der Waals surface area contributed by atoms with Crippen LogP contribution in [0.15, 0.2) is 59.6 Å². The molecule has 1 unspecified atom stereocenters. The Morgan fingerprint density at radius 2 is 1.70 bits per heavy atom. The van der Waals surface area contributed by atoms with Crippen LogP contribution in [0.3, 0.4) is 0 Å². The highest BCUT2D eigenvalue weighted by Gasteiger charge is 2.47. The summed E-state index contributed by atoms with van der Waals surface area (Å²) in [6.07, 6.45) is 3.36. The zero-order chi connectivity index (χ0) is 15.9. The summed E-state index contributed by atoms with van der Waals surface area (Å²) in [5.41, 5.74) is 3.73. The Labute approximate surface area is 138 Å². The number of nitrogens with zero attached hydrogens (tertiary/aromatic N) is 1. The summed E-state index contributed by atoms with van der Waals surface area (Å²) in [7, 11) is 0. The van der Waals surface area contributed by atoms with Crippen molar-refractivity contribution in [3.05, 3.63) is 71.3 Å². The quantitative estimate of drug-likeness (QED) is 0.799. The zero-order valence-corrected chi connectivity index (χ0v) is 13.9. The van der Waals surface area contributed by atoms with Crippen molar-refractivity contribution in [1.29, 1.82) is 0 Å². The minimum Gasteiger partial charge on any atom is -0.478 e. The molecule has 2 aliphatic rings. The Bertz CT molecular complexity index is 747. The van der Waals surface area contributed by atoms with Crippen LogP contribution in [-0.2, 0) is 16.6 Å². The van der Waals surface area contributed by atoms with Crippen LogP contribution >= 0.6 is 0 Å². The molecule has 2 aromatic carbocycles. The molecule has 23 heavy (non-hydrogen) atoms. The zero-order valence-electron chi connectivity index (χ0n) is 13.9. The van der Waals surface area contributed by atoms with E-state index in [9.17, 15) is 0 Å². The first-order valence-electron chi connectivity index (χ1n) is 8.49. The van der Waals surface area contributed by atoms with E-state index in [0.29, 0.717) is 6.61 Å². The largest absolute Gasteiger partial charge is 0.478 e. The molecule has 0 radical (unpaired) electrons. The first kappa shape index (κ1) is 14.5. The van der Waals surface area contributed by atoms with Crippen LogP contribution < -0.4 is 0 Å². The topological polar surface area (TPSA) is 21.6 Å². The van der Waals surface area contributed by atoms with Gasteiger partial charge in [-0.3, -0.25) is 0 Å². The second-order valence-electron chi connectivity index (χ2n) is 7.30. The van der Waals surface area contributed by atoms with E-state index in [1.165, 1.54) is 16.7 Å². The lowest BCUT2D eigenvalue weighted by Crippen LogP contribution is -2.40. The van der Waals surface area contributed by atoms with E-state index in [-0.39, 0.29) is 11.0 Å². The van der Waals surface area contributed by atoms with E-state index in [1.807, 2.05) is 0 Å².